The van der Waals surface area contributed by atoms with Crippen molar-refractivity contribution < 1.29 is 9.09 Å². The number of hydrogen-bond acceptors (Lipinski definition) is 3. The van der Waals surface area contributed by atoms with E-state index in [9.17, 15) is 0 Å². The molecule has 0 spiro atoms. The maximum atomic E-state index is 5.41. The number of rotatable bonds is 4. The molecule has 0 N–H and O–H groups in total. The van der Waals surface area contributed by atoms with Gasteiger partial charge in [-0.15, -0.1) is 0 Å². The lowest BCUT2D eigenvalue weighted by molar-refractivity contribution is -0.688. The van der Waals surface area contributed by atoms with Crippen molar-refractivity contribution in [2.45, 2.75) is 6.54 Å². The molecule has 0 radical (unpaired) electrons. The van der Waals surface area contributed by atoms with Gasteiger partial charge in [0.05, 0.1) is 5.56 Å². The SMILES string of the molecule is Brc1ccc(-c2noc(-c3cc[n+](Cc4ccccc4)cc3)n2)cc1. The van der Waals surface area contributed by atoms with Crippen LogP contribution in [-0.4, -0.2) is 10.1 Å². The quantitative estimate of drug-likeness (QED) is 0.480. The van der Waals surface area contributed by atoms with E-state index in [1.54, 1.807) is 0 Å². The van der Waals surface area contributed by atoms with Crippen LogP contribution in [-0.2, 0) is 6.54 Å². The fourth-order valence-corrected chi connectivity index (χ4v) is 2.82. The average Bonchev–Trinajstić information content (AvgIpc) is 3.14. The largest absolute Gasteiger partial charge is 0.334 e. The van der Waals surface area contributed by atoms with Gasteiger partial charge in [-0.3, -0.25) is 0 Å². The number of aromatic nitrogens is 3. The fraction of sp³-hybridized carbons (Fsp3) is 0.0500. The molecule has 0 unspecified atom stereocenters. The summed E-state index contributed by atoms with van der Waals surface area (Å²) >= 11 is 3.42. The van der Waals surface area contributed by atoms with E-state index < -0.39 is 0 Å². The van der Waals surface area contributed by atoms with E-state index in [-0.39, 0.29) is 0 Å². The Morgan fingerprint density at radius 2 is 1.56 bits per heavy atom. The molecular formula is C20H15BrN3O+. The number of halogens is 1. The maximum absolute atomic E-state index is 5.41. The molecule has 0 aliphatic heterocycles. The van der Waals surface area contributed by atoms with E-state index in [1.807, 2.05) is 67.0 Å². The number of hydrogen-bond donors (Lipinski definition) is 0. The maximum Gasteiger partial charge on any atom is 0.258 e. The van der Waals surface area contributed by atoms with Gasteiger partial charge < -0.3 is 4.52 Å². The van der Waals surface area contributed by atoms with E-state index in [4.69, 9.17) is 4.52 Å². The van der Waals surface area contributed by atoms with Crippen molar-refractivity contribution in [3.63, 3.8) is 0 Å². The minimum absolute atomic E-state index is 0.518. The first-order chi connectivity index (χ1) is 12.3. The van der Waals surface area contributed by atoms with E-state index >= 15 is 0 Å². The molecule has 4 aromatic rings. The van der Waals surface area contributed by atoms with Crippen molar-refractivity contribution >= 4 is 15.9 Å². The van der Waals surface area contributed by atoms with Crippen molar-refractivity contribution in [2.24, 2.45) is 0 Å². The predicted octanol–water partition coefficient (Wildman–Crippen LogP) is 4.50. The van der Waals surface area contributed by atoms with Gasteiger partial charge in [0.25, 0.3) is 5.89 Å². The van der Waals surface area contributed by atoms with Crippen LogP contribution >= 0.6 is 15.9 Å². The van der Waals surface area contributed by atoms with Crippen LogP contribution < -0.4 is 4.57 Å². The monoisotopic (exact) mass is 392 g/mol. The van der Waals surface area contributed by atoms with Crippen molar-refractivity contribution in [1.82, 2.24) is 10.1 Å². The van der Waals surface area contributed by atoms with Gasteiger partial charge in [0.15, 0.2) is 18.9 Å². The summed E-state index contributed by atoms with van der Waals surface area (Å²) in [5.41, 5.74) is 3.09. The molecule has 5 heteroatoms. The zero-order valence-corrected chi connectivity index (χ0v) is 14.9. The molecule has 0 fully saturated rings. The second-order valence-corrected chi connectivity index (χ2v) is 6.59. The van der Waals surface area contributed by atoms with Crippen molar-refractivity contribution in [1.29, 1.82) is 0 Å². The molecule has 0 saturated heterocycles. The Balaban J connectivity index is 1.53. The average molecular weight is 393 g/mol. The third-order valence-corrected chi connectivity index (χ3v) is 4.40. The van der Waals surface area contributed by atoms with Crippen LogP contribution in [0.4, 0.5) is 0 Å². The van der Waals surface area contributed by atoms with Crippen molar-refractivity contribution in [2.75, 3.05) is 0 Å². The summed E-state index contributed by atoms with van der Waals surface area (Å²) < 4.78 is 8.55. The third-order valence-electron chi connectivity index (χ3n) is 3.87. The van der Waals surface area contributed by atoms with Gasteiger partial charge in [0.2, 0.25) is 5.82 Å². The van der Waals surface area contributed by atoms with Crippen LogP contribution in [0.5, 0.6) is 0 Å². The first kappa shape index (κ1) is 15.7. The lowest BCUT2D eigenvalue weighted by atomic mass is 10.2. The van der Waals surface area contributed by atoms with Gasteiger partial charge in [-0.2, -0.15) is 4.98 Å². The van der Waals surface area contributed by atoms with Crippen LogP contribution in [0.15, 0.2) is 88.1 Å². The first-order valence-electron chi connectivity index (χ1n) is 7.91. The zero-order valence-electron chi connectivity index (χ0n) is 13.3. The summed E-state index contributed by atoms with van der Waals surface area (Å²) in [6, 6.07) is 22.2. The highest BCUT2D eigenvalue weighted by Crippen LogP contribution is 2.22. The predicted molar refractivity (Wildman–Crippen MR) is 98.6 cm³/mol. The van der Waals surface area contributed by atoms with Gasteiger partial charge >= 0.3 is 0 Å². The van der Waals surface area contributed by atoms with E-state index in [2.05, 4.69) is 42.8 Å². The van der Waals surface area contributed by atoms with Crippen LogP contribution in [0.1, 0.15) is 5.56 Å². The summed E-state index contributed by atoms with van der Waals surface area (Å²) in [4.78, 5) is 4.49. The second-order valence-electron chi connectivity index (χ2n) is 5.67. The van der Waals surface area contributed by atoms with Crippen molar-refractivity contribution in [3.05, 3.63) is 89.2 Å². The Morgan fingerprint density at radius 1 is 0.840 bits per heavy atom. The molecule has 4 nitrogen and oxygen atoms in total. The summed E-state index contributed by atoms with van der Waals surface area (Å²) in [6.45, 7) is 0.828. The summed E-state index contributed by atoms with van der Waals surface area (Å²) in [7, 11) is 0. The highest BCUT2D eigenvalue weighted by molar-refractivity contribution is 9.10. The minimum atomic E-state index is 0.518. The molecule has 4 rings (SSSR count). The Bertz CT molecular complexity index is 964. The Labute approximate surface area is 153 Å². The number of pyridine rings is 1. The lowest BCUT2D eigenvalue weighted by Gasteiger charge is -1.98. The Kier molecular flexibility index (Phi) is 4.39. The van der Waals surface area contributed by atoms with E-state index in [0.29, 0.717) is 11.7 Å². The highest BCUT2D eigenvalue weighted by atomic mass is 79.9. The van der Waals surface area contributed by atoms with Gasteiger partial charge in [0, 0.05) is 27.7 Å². The Hall–Kier alpha value is -2.79. The molecule has 2 aromatic carbocycles. The topological polar surface area (TPSA) is 42.8 Å². The smallest absolute Gasteiger partial charge is 0.258 e. The van der Waals surface area contributed by atoms with E-state index in [1.165, 1.54) is 5.56 Å². The molecule has 0 amide bonds. The molecule has 2 aromatic heterocycles. The molecule has 0 bridgehead atoms. The van der Waals surface area contributed by atoms with Gasteiger partial charge in [-0.05, 0) is 24.3 Å². The molecule has 25 heavy (non-hydrogen) atoms. The summed E-state index contributed by atoms with van der Waals surface area (Å²) in [5.74, 6) is 1.10. The first-order valence-corrected chi connectivity index (χ1v) is 8.70. The second kappa shape index (κ2) is 6.99. The van der Waals surface area contributed by atoms with Gasteiger partial charge in [-0.1, -0.05) is 51.4 Å². The van der Waals surface area contributed by atoms with Crippen molar-refractivity contribution in [3.8, 4) is 22.8 Å². The van der Waals surface area contributed by atoms with Gasteiger partial charge in [-0.25, -0.2) is 4.57 Å². The van der Waals surface area contributed by atoms with Crippen LogP contribution in [0.2, 0.25) is 0 Å². The minimum Gasteiger partial charge on any atom is -0.334 e. The Morgan fingerprint density at radius 3 is 2.28 bits per heavy atom. The zero-order chi connectivity index (χ0) is 17.1. The molecule has 0 atom stereocenters. The van der Waals surface area contributed by atoms with Gasteiger partial charge in [0.1, 0.15) is 0 Å². The van der Waals surface area contributed by atoms with Crippen LogP contribution in [0, 0.1) is 0 Å². The molecule has 0 aliphatic rings. The van der Waals surface area contributed by atoms with Crippen LogP contribution in [0.25, 0.3) is 22.8 Å². The number of nitrogens with zero attached hydrogens (tertiary/aromatic N) is 3. The van der Waals surface area contributed by atoms with Crippen LogP contribution in [0.3, 0.4) is 0 Å². The molecule has 0 saturated carbocycles. The molecule has 122 valence electrons. The standard InChI is InChI=1S/C20H15BrN3O/c21-18-8-6-16(7-9-18)19-22-20(25-23-19)17-10-12-24(13-11-17)14-15-4-2-1-3-5-15/h1-13H,14H2/q+1. The van der Waals surface area contributed by atoms with E-state index in [0.717, 1.165) is 22.1 Å². The lowest BCUT2D eigenvalue weighted by Crippen LogP contribution is -2.32. The number of benzene rings is 2. The highest BCUT2D eigenvalue weighted by Gasteiger charge is 2.12. The molecule has 2 heterocycles. The third kappa shape index (κ3) is 3.67. The normalized spacial score (nSPS) is 10.8. The summed E-state index contributed by atoms with van der Waals surface area (Å²) in [6.07, 6.45) is 4.04. The summed E-state index contributed by atoms with van der Waals surface area (Å²) in [5, 5.41) is 4.07. The fourth-order valence-electron chi connectivity index (χ4n) is 2.56. The molecular weight excluding hydrogens is 378 g/mol. The molecule has 0 aliphatic carbocycles.